The Bertz CT molecular complexity index is 356. The Morgan fingerprint density at radius 2 is 1.81 bits per heavy atom. The van der Waals surface area contributed by atoms with Crippen molar-refractivity contribution in [1.29, 1.82) is 0 Å². The third kappa shape index (κ3) is 2.45. The van der Waals surface area contributed by atoms with Crippen molar-refractivity contribution in [3.05, 3.63) is 23.8 Å². The van der Waals surface area contributed by atoms with E-state index in [9.17, 15) is 15.0 Å². The molecule has 88 valence electrons. The van der Waals surface area contributed by atoms with Crippen molar-refractivity contribution in [2.45, 2.75) is 20.3 Å². The standard InChI is InChI=1S/C12H17NO3/c1-3-8-13(4-2)12(16)11-9(14)6-5-7-10(11)15/h5-7,14-15H,3-4,8H2,1-2H3. The van der Waals surface area contributed by atoms with E-state index in [-0.39, 0.29) is 23.0 Å². The van der Waals surface area contributed by atoms with Gasteiger partial charge in [-0.15, -0.1) is 0 Å². The van der Waals surface area contributed by atoms with Crippen molar-refractivity contribution >= 4 is 5.91 Å². The first-order valence-corrected chi connectivity index (χ1v) is 5.42. The van der Waals surface area contributed by atoms with Crippen LogP contribution < -0.4 is 0 Å². The second-order valence-electron chi connectivity index (χ2n) is 3.56. The number of hydrogen-bond donors (Lipinski definition) is 2. The summed E-state index contributed by atoms with van der Waals surface area (Å²) in [6, 6.07) is 4.29. The Balaban J connectivity index is 3.03. The molecular weight excluding hydrogens is 206 g/mol. The number of phenolic OH excluding ortho intramolecular Hbond substituents is 2. The van der Waals surface area contributed by atoms with Crippen LogP contribution in [-0.4, -0.2) is 34.1 Å². The lowest BCUT2D eigenvalue weighted by Gasteiger charge is -2.20. The van der Waals surface area contributed by atoms with Gasteiger partial charge in [0.15, 0.2) is 0 Å². The maximum absolute atomic E-state index is 12.0. The minimum Gasteiger partial charge on any atom is -0.507 e. The molecule has 0 aliphatic heterocycles. The molecule has 0 saturated carbocycles. The van der Waals surface area contributed by atoms with Crippen LogP contribution in [-0.2, 0) is 0 Å². The molecule has 0 aliphatic carbocycles. The van der Waals surface area contributed by atoms with Crippen LogP contribution in [0.4, 0.5) is 0 Å². The Morgan fingerprint density at radius 1 is 1.25 bits per heavy atom. The van der Waals surface area contributed by atoms with Crippen LogP contribution in [0.15, 0.2) is 18.2 Å². The fourth-order valence-corrected chi connectivity index (χ4v) is 1.58. The number of carbonyl (C=O) groups is 1. The minimum absolute atomic E-state index is 0.0159. The smallest absolute Gasteiger partial charge is 0.261 e. The van der Waals surface area contributed by atoms with Crippen LogP contribution in [0.2, 0.25) is 0 Å². The van der Waals surface area contributed by atoms with E-state index in [1.165, 1.54) is 18.2 Å². The normalized spacial score (nSPS) is 10.1. The highest BCUT2D eigenvalue weighted by Gasteiger charge is 2.20. The lowest BCUT2D eigenvalue weighted by Crippen LogP contribution is -2.31. The lowest BCUT2D eigenvalue weighted by molar-refractivity contribution is 0.0758. The van der Waals surface area contributed by atoms with E-state index in [1.54, 1.807) is 4.90 Å². The van der Waals surface area contributed by atoms with Crippen LogP contribution >= 0.6 is 0 Å². The van der Waals surface area contributed by atoms with Gasteiger partial charge in [0.1, 0.15) is 17.1 Å². The molecule has 0 radical (unpaired) electrons. The summed E-state index contributed by atoms with van der Waals surface area (Å²) in [5.41, 5.74) is -0.0159. The van der Waals surface area contributed by atoms with Crippen molar-refractivity contribution in [3.8, 4) is 11.5 Å². The van der Waals surface area contributed by atoms with E-state index in [4.69, 9.17) is 0 Å². The van der Waals surface area contributed by atoms with E-state index in [0.29, 0.717) is 13.1 Å². The van der Waals surface area contributed by atoms with Gasteiger partial charge in [-0.1, -0.05) is 13.0 Å². The number of hydrogen-bond acceptors (Lipinski definition) is 3. The largest absolute Gasteiger partial charge is 0.507 e. The molecule has 1 aromatic rings. The molecule has 1 aromatic carbocycles. The Kier molecular flexibility index (Phi) is 4.17. The molecule has 0 aliphatic rings. The van der Waals surface area contributed by atoms with Crippen LogP contribution in [0.25, 0.3) is 0 Å². The summed E-state index contributed by atoms with van der Waals surface area (Å²) in [6.07, 6.45) is 0.841. The molecule has 0 bridgehead atoms. The van der Waals surface area contributed by atoms with Gasteiger partial charge in [0.2, 0.25) is 0 Å². The molecule has 2 N–H and O–H groups in total. The van der Waals surface area contributed by atoms with Gasteiger partial charge in [-0.05, 0) is 25.5 Å². The van der Waals surface area contributed by atoms with E-state index >= 15 is 0 Å². The molecule has 4 heteroatoms. The quantitative estimate of drug-likeness (QED) is 0.820. The van der Waals surface area contributed by atoms with E-state index in [0.717, 1.165) is 6.42 Å². The number of rotatable bonds is 4. The third-order valence-corrected chi connectivity index (χ3v) is 2.40. The first-order chi connectivity index (χ1) is 7.61. The molecule has 1 amide bonds. The molecule has 0 heterocycles. The van der Waals surface area contributed by atoms with Gasteiger partial charge in [0.25, 0.3) is 5.91 Å². The van der Waals surface area contributed by atoms with Crippen LogP contribution in [0, 0.1) is 0 Å². The Hall–Kier alpha value is -1.71. The predicted molar refractivity (Wildman–Crippen MR) is 61.6 cm³/mol. The summed E-state index contributed by atoms with van der Waals surface area (Å²) in [6.45, 7) is 5.01. The Labute approximate surface area is 95.1 Å². The van der Waals surface area contributed by atoms with Crippen LogP contribution in [0.1, 0.15) is 30.6 Å². The molecular formula is C12H17NO3. The van der Waals surface area contributed by atoms with Gasteiger partial charge in [-0.2, -0.15) is 0 Å². The van der Waals surface area contributed by atoms with Crippen molar-refractivity contribution in [3.63, 3.8) is 0 Å². The number of benzene rings is 1. The molecule has 0 saturated heterocycles. The molecule has 0 aromatic heterocycles. The van der Waals surface area contributed by atoms with Gasteiger partial charge in [0.05, 0.1) is 0 Å². The predicted octanol–water partition coefficient (Wildman–Crippen LogP) is 1.97. The van der Waals surface area contributed by atoms with Crippen molar-refractivity contribution in [2.75, 3.05) is 13.1 Å². The van der Waals surface area contributed by atoms with Gasteiger partial charge in [-0.25, -0.2) is 0 Å². The first kappa shape index (κ1) is 12.4. The van der Waals surface area contributed by atoms with E-state index < -0.39 is 0 Å². The summed E-state index contributed by atoms with van der Waals surface area (Å²) in [7, 11) is 0. The second-order valence-corrected chi connectivity index (χ2v) is 3.56. The molecule has 0 unspecified atom stereocenters. The van der Waals surface area contributed by atoms with Crippen molar-refractivity contribution in [1.82, 2.24) is 4.90 Å². The second kappa shape index (κ2) is 5.39. The highest BCUT2D eigenvalue weighted by Crippen LogP contribution is 2.27. The van der Waals surface area contributed by atoms with E-state index in [2.05, 4.69) is 0 Å². The zero-order chi connectivity index (χ0) is 12.1. The van der Waals surface area contributed by atoms with E-state index in [1.807, 2.05) is 13.8 Å². The highest BCUT2D eigenvalue weighted by atomic mass is 16.3. The fraction of sp³-hybridized carbons (Fsp3) is 0.417. The minimum atomic E-state index is -0.333. The van der Waals surface area contributed by atoms with Gasteiger partial charge >= 0.3 is 0 Å². The molecule has 1 rings (SSSR count). The summed E-state index contributed by atoms with van der Waals surface area (Å²) < 4.78 is 0. The number of amides is 1. The topological polar surface area (TPSA) is 60.8 Å². The van der Waals surface area contributed by atoms with Crippen LogP contribution in [0.5, 0.6) is 11.5 Å². The zero-order valence-electron chi connectivity index (χ0n) is 9.60. The Morgan fingerprint density at radius 3 is 2.25 bits per heavy atom. The molecule has 0 spiro atoms. The van der Waals surface area contributed by atoms with Crippen molar-refractivity contribution in [2.24, 2.45) is 0 Å². The number of carbonyl (C=O) groups excluding carboxylic acids is 1. The average Bonchev–Trinajstić information content (AvgIpc) is 2.25. The maximum atomic E-state index is 12.0. The lowest BCUT2D eigenvalue weighted by atomic mass is 10.1. The van der Waals surface area contributed by atoms with Gasteiger partial charge < -0.3 is 15.1 Å². The molecule has 0 fully saturated rings. The van der Waals surface area contributed by atoms with Gasteiger partial charge in [0, 0.05) is 13.1 Å². The summed E-state index contributed by atoms with van der Waals surface area (Å²) in [5, 5.41) is 19.1. The van der Waals surface area contributed by atoms with Gasteiger partial charge in [-0.3, -0.25) is 4.79 Å². The summed E-state index contributed by atoms with van der Waals surface area (Å²) in [5.74, 6) is -0.695. The molecule has 16 heavy (non-hydrogen) atoms. The number of nitrogens with zero attached hydrogens (tertiary/aromatic N) is 1. The number of aromatic hydroxyl groups is 2. The fourth-order valence-electron chi connectivity index (χ4n) is 1.58. The third-order valence-electron chi connectivity index (χ3n) is 2.40. The monoisotopic (exact) mass is 223 g/mol. The summed E-state index contributed by atoms with van der Waals surface area (Å²) in [4.78, 5) is 13.6. The SMILES string of the molecule is CCCN(CC)C(=O)c1c(O)cccc1O. The average molecular weight is 223 g/mol. The first-order valence-electron chi connectivity index (χ1n) is 5.42. The summed E-state index contributed by atoms with van der Waals surface area (Å²) >= 11 is 0. The van der Waals surface area contributed by atoms with Crippen LogP contribution in [0.3, 0.4) is 0 Å². The molecule has 0 atom stereocenters. The van der Waals surface area contributed by atoms with Crippen molar-refractivity contribution < 1.29 is 15.0 Å². The highest BCUT2D eigenvalue weighted by molar-refractivity contribution is 5.99. The zero-order valence-corrected chi connectivity index (χ0v) is 9.60. The molecule has 4 nitrogen and oxygen atoms in total. The maximum Gasteiger partial charge on any atom is 0.261 e. The number of phenols is 2.